The third kappa shape index (κ3) is 5.01. The summed E-state index contributed by atoms with van der Waals surface area (Å²) in [5.41, 5.74) is 5.20. The summed E-state index contributed by atoms with van der Waals surface area (Å²) in [6.45, 7) is 5.37. The molecule has 0 aliphatic carbocycles. The molecule has 3 N–H and O–H groups in total. The van der Waals surface area contributed by atoms with Crippen molar-refractivity contribution >= 4 is 11.8 Å². The van der Waals surface area contributed by atoms with Gasteiger partial charge in [0.15, 0.2) is 0 Å². The van der Waals surface area contributed by atoms with E-state index in [-0.39, 0.29) is 31.2 Å². The number of piperidine rings is 1. The van der Waals surface area contributed by atoms with E-state index in [1.54, 1.807) is 0 Å². The van der Waals surface area contributed by atoms with E-state index in [9.17, 15) is 9.59 Å². The highest BCUT2D eigenvalue weighted by Gasteiger charge is 2.26. The average Bonchev–Trinajstić information content (AvgIpc) is 2.34. The van der Waals surface area contributed by atoms with E-state index < -0.39 is 5.91 Å². The number of primary amides is 1. The van der Waals surface area contributed by atoms with Crippen LogP contribution in [-0.4, -0.2) is 55.1 Å². The fourth-order valence-corrected chi connectivity index (χ4v) is 2.01. The summed E-state index contributed by atoms with van der Waals surface area (Å²) < 4.78 is 5.29. The van der Waals surface area contributed by atoms with Crippen LogP contribution in [-0.2, 0) is 14.3 Å². The number of carbonyl (C=O) groups excluding carboxylic acids is 2. The number of ether oxygens (including phenoxy) is 1. The van der Waals surface area contributed by atoms with Crippen LogP contribution in [0.1, 0.15) is 26.7 Å². The van der Waals surface area contributed by atoms with Crippen molar-refractivity contribution < 1.29 is 14.3 Å². The minimum Gasteiger partial charge on any atom is -0.369 e. The third-order valence-electron chi connectivity index (χ3n) is 2.90. The van der Waals surface area contributed by atoms with Gasteiger partial charge in [0, 0.05) is 12.6 Å². The molecule has 0 spiro atoms. The molecule has 18 heavy (non-hydrogen) atoms. The maximum atomic E-state index is 12.0. The summed E-state index contributed by atoms with van der Waals surface area (Å²) in [6, 6.07) is 0.0366. The zero-order valence-corrected chi connectivity index (χ0v) is 11.1. The number of rotatable bonds is 6. The molecule has 1 aliphatic rings. The highest BCUT2D eigenvalue weighted by atomic mass is 16.5. The number of carbonyl (C=O) groups is 2. The maximum absolute atomic E-state index is 12.0. The average molecular weight is 257 g/mol. The van der Waals surface area contributed by atoms with E-state index in [2.05, 4.69) is 5.32 Å². The molecule has 0 aromatic rings. The van der Waals surface area contributed by atoms with Gasteiger partial charge in [0.2, 0.25) is 11.8 Å². The van der Waals surface area contributed by atoms with Crippen molar-refractivity contribution in [2.45, 2.75) is 38.8 Å². The predicted octanol–water partition coefficient (Wildman–Crippen LogP) is -0.523. The maximum Gasteiger partial charge on any atom is 0.249 e. The predicted molar refractivity (Wildman–Crippen MR) is 67.9 cm³/mol. The summed E-state index contributed by atoms with van der Waals surface area (Å²) in [5, 5.41) is 3.22. The van der Waals surface area contributed by atoms with E-state index >= 15 is 0 Å². The van der Waals surface area contributed by atoms with Crippen molar-refractivity contribution in [2.75, 3.05) is 26.2 Å². The highest BCUT2D eigenvalue weighted by Crippen LogP contribution is 2.10. The van der Waals surface area contributed by atoms with Gasteiger partial charge >= 0.3 is 0 Å². The van der Waals surface area contributed by atoms with Gasteiger partial charge in [-0.25, -0.2) is 0 Å². The van der Waals surface area contributed by atoms with E-state index in [0.717, 1.165) is 19.4 Å². The van der Waals surface area contributed by atoms with Crippen LogP contribution in [0.4, 0.5) is 0 Å². The van der Waals surface area contributed by atoms with Crippen LogP contribution in [0.3, 0.4) is 0 Å². The molecule has 1 unspecified atom stereocenters. The van der Waals surface area contributed by atoms with Gasteiger partial charge in [0.05, 0.1) is 12.6 Å². The molecule has 0 bridgehead atoms. The minimum absolute atomic E-state index is 0.00144. The van der Waals surface area contributed by atoms with E-state index in [4.69, 9.17) is 10.5 Å². The van der Waals surface area contributed by atoms with Gasteiger partial charge in [-0.2, -0.15) is 0 Å². The molecule has 6 nitrogen and oxygen atoms in total. The Kier molecular flexibility index (Phi) is 6.07. The first-order valence-corrected chi connectivity index (χ1v) is 6.40. The van der Waals surface area contributed by atoms with Crippen molar-refractivity contribution in [2.24, 2.45) is 5.73 Å². The van der Waals surface area contributed by atoms with Crippen LogP contribution in [0.25, 0.3) is 0 Å². The smallest absolute Gasteiger partial charge is 0.249 e. The summed E-state index contributed by atoms with van der Waals surface area (Å²) in [5.74, 6) is -0.658. The molecule has 2 amide bonds. The van der Waals surface area contributed by atoms with Crippen LogP contribution in [0.5, 0.6) is 0 Å². The second kappa shape index (κ2) is 7.33. The summed E-state index contributed by atoms with van der Waals surface area (Å²) in [7, 11) is 0. The van der Waals surface area contributed by atoms with Gasteiger partial charge in [-0.15, -0.1) is 0 Å². The van der Waals surface area contributed by atoms with Gasteiger partial charge in [-0.05, 0) is 33.2 Å². The second-order valence-corrected chi connectivity index (χ2v) is 4.85. The Bertz CT molecular complexity index is 288. The molecule has 0 saturated carbocycles. The zero-order chi connectivity index (χ0) is 13.5. The molecule has 104 valence electrons. The van der Waals surface area contributed by atoms with Gasteiger partial charge in [0.25, 0.3) is 0 Å². The number of nitrogens with zero attached hydrogens (tertiary/aromatic N) is 1. The fraction of sp³-hybridized carbons (Fsp3) is 0.833. The molecule has 1 fully saturated rings. The molecular weight excluding hydrogens is 234 g/mol. The van der Waals surface area contributed by atoms with E-state index in [0.29, 0.717) is 6.54 Å². The van der Waals surface area contributed by atoms with E-state index in [1.807, 2.05) is 13.8 Å². The first-order valence-electron chi connectivity index (χ1n) is 6.40. The molecule has 1 aliphatic heterocycles. The van der Waals surface area contributed by atoms with E-state index in [1.165, 1.54) is 4.90 Å². The van der Waals surface area contributed by atoms with Crippen molar-refractivity contribution in [3.05, 3.63) is 0 Å². The van der Waals surface area contributed by atoms with Crippen molar-refractivity contribution in [1.82, 2.24) is 10.2 Å². The second-order valence-electron chi connectivity index (χ2n) is 4.85. The number of amides is 2. The summed E-state index contributed by atoms with van der Waals surface area (Å²) in [4.78, 5) is 24.6. The van der Waals surface area contributed by atoms with Gasteiger partial charge < -0.3 is 20.7 Å². The van der Waals surface area contributed by atoms with Gasteiger partial charge in [-0.3, -0.25) is 9.59 Å². The van der Waals surface area contributed by atoms with Crippen LogP contribution in [0.15, 0.2) is 0 Å². The standard InChI is InChI=1S/C12H23N3O3/c1-9(2)18-8-12(17)15(7-11(13)16)10-4-3-5-14-6-10/h9-10,14H,3-8H2,1-2H3,(H2,13,16). The molecule has 1 saturated heterocycles. The minimum atomic E-state index is -0.488. The first-order chi connectivity index (χ1) is 8.50. The summed E-state index contributed by atoms with van der Waals surface area (Å²) >= 11 is 0. The lowest BCUT2D eigenvalue weighted by Crippen LogP contribution is -2.52. The van der Waals surface area contributed by atoms with Gasteiger partial charge in [-0.1, -0.05) is 0 Å². The Morgan fingerprint density at radius 3 is 2.72 bits per heavy atom. The number of hydrogen-bond donors (Lipinski definition) is 2. The van der Waals surface area contributed by atoms with Gasteiger partial charge in [0.1, 0.15) is 6.61 Å². The Morgan fingerprint density at radius 1 is 1.50 bits per heavy atom. The lowest BCUT2D eigenvalue weighted by atomic mass is 10.1. The molecule has 6 heteroatoms. The largest absolute Gasteiger partial charge is 0.369 e. The normalized spacial score (nSPS) is 19.8. The Morgan fingerprint density at radius 2 is 2.22 bits per heavy atom. The van der Waals surface area contributed by atoms with Crippen molar-refractivity contribution in [3.63, 3.8) is 0 Å². The molecule has 0 aromatic carbocycles. The Labute approximate surface area is 108 Å². The topological polar surface area (TPSA) is 84.7 Å². The Hall–Kier alpha value is -1.14. The summed E-state index contributed by atoms with van der Waals surface area (Å²) in [6.07, 6.45) is 1.89. The number of nitrogens with two attached hydrogens (primary N) is 1. The number of hydrogen-bond acceptors (Lipinski definition) is 4. The monoisotopic (exact) mass is 257 g/mol. The van der Waals surface area contributed by atoms with Crippen molar-refractivity contribution in [1.29, 1.82) is 0 Å². The van der Waals surface area contributed by atoms with Crippen molar-refractivity contribution in [3.8, 4) is 0 Å². The van der Waals surface area contributed by atoms with Crippen LogP contribution in [0, 0.1) is 0 Å². The first kappa shape index (κ1) is 14.9. The van der Waals surface area contributed by atoms with Crippen LogP contribution in [0.2, 0.25) is 0 Å². The fourth-order valence-electron chi connectivity index (χ4n) is 2.01. The quantitative estimate of drug-likeness (QED) is 0.670. The Balaban J connectivity index is 2.58. The molecule has 1 heterocycles. The molecular formula is C12H23N3O3. The third-order valence-corrected chi connectivity index (χ3v) is 2.90. The highest BCUT2D eigenvalue weighted by molar-refractivity contribution is 5.84. The van der Waals surface area contributed by atoms with Crippen LogP contribution < -0.4 is 11.1 Å². The SMILES string of the molecule is CC(C)OCC(=O)N(CC(N)=O)C1CCCNC1. The zero-order valence-electron chi connectivity index (χ0n) is 11.1. The molecule has 0 radical (unpaired) electrons. The lowest BCUT2D eigenvalue weighted by molar-refractivity contribution is -0.143. The molecule has 0 aromatic heterocycles. The van der Waals surface area contributed by atoms with Crippen LogP contribution >= 0.6 is 0 Å². The molecule has 1 atom stereocenters. The molecule has 1 rings (SSSR count). The number of nitrogens with one attached hydrogen (secondary N) is 1. The lowest BCUT2D eigenvalue weighted by Gasteiger charge is -2.34.